The van der Waals surface area contributed by atoms with Crippen molar-refractivity contribution < 1.29 is 4.74 Å². The Morgan fingerprint density at radius 2 is 1.86 bits per heavy atom. The summed E-state index contributed by atoms with van der Waals surface area (Å²) in [4.78, 5) is 2.25. The van der Waals surface area contributed by atoms with Crippen molar-refractivity contribution in [2.24, 2.45) is 0 Å². The summed E-state index contributed by atoms with van der Waals surface area (Å²) < 4.78 is 5.63. The van der Waals surface area contributed by atoms with Crippen molar-refractivity contribution >= 4 is 11.6 Å². The lowest BCUT2D eigenvalue weighted by molar-refractivity contribution is -0.0107. The molecule has 1 unspecified atom stereocenters. The normalized spacial score (nSPS) is 14.8. The van der Waals surface area contributed by atoms with Gasteiger partial charge in [0.05, 0.1) is 12.2 Å². The van der Waals surface area contributed by atoms with Crippen LogP contribution >= 0.6 is 11.6 Å². The van der Waals surface area contributed by atoms with Gasteiger partial charge in [-0.25, -0.2) is 0 Å². The van der Waals surface area contributed by atoms with Gasteiger partial charge in [0.15, 0.2) is 0 Å². The number of ether oxygens (including phenoxy) is 1. The van der Waals surface area contributed by atoms with Gasteiger partial charge in [-0.15, -0.1) is 11.6 Å². The number of hydrogen-bond acceptors (Lipinski definition) is 2. The molecular weight excluding hydrogens is 198 g/mol. The molecule has 0 aromatic heterocycles. The van der Waals surface area contributed by atoms with E-state index in [1.165, 1.54) is 0 Å². The summed E-state index contributed by atoms with van der Waals surface area (Å²) in [6.45, 7) is 11.1. The fourth-order valence-electron chi connectivity index (χ4n) is 1.02. The third kappa shape index (κ3) is 10.3. The minimum Gasteiger partial charge on any atom is -0.375 e. The Morgan fingerprint density at radius 1 is 1.29 bits per heavy atom. The molecule has 0 N–H and O–H groups in total. The van der Waals surface area contributed by atoms with Crippen molar-refractivity contribution in [3.8, 4) is 0 Å². The third-order valence-corrected chi connectivity index (χ3v) is 2.13. The van der Waals surface area contributed by atoms with Crippen LogP contribution in [0.25, 0.3) is 0 Å². The van der Waals surface area contributed by atoms with Crippen molar-refractivity contribution in [3.63, 3.8) is 0 Å². The lowest BCUT2D eigenvalue weighted by atomic mass is 10.2. The molecule has 0 aliphatic carbocycles. The van der Waals surface area contributed by atoms with Crippen molar-refractivity contribution in [3.05, 3.63) is 0 Å². The maximum Gasteiger partial charge on any atom is 0.0600 e. The highest BCUT2D eigenvalue weighted by molar-refractivity contribution is 6.20. The highest BCUT2D eigenvalue weighted by atomic mass is 35.5. The van der Waals surface area contributed by atoms with E-state index >= 15 is 0 Å². The summed E-state index contributed by atoms with van der Waals surface area (Å²) in [5.74, 6) is 0. The van der Waals surface area contributed by atoms with Crippen molar-refractivity contribution in [2.45, 2.75) is 45.1 Å². The summed E-state index contributed by atoms with van der Waals surface area (Å²) in [7, 11) is 2.10. The van der Waals surface area contributed by atoms with Crippen molar-refractivity contribution in [2.75, 3.05) is 26.7 Å². The van der Waals surface area contributed by atoms with E-state index in [-0.39, 0.29) is 11.0 Å². The van der Waals surface area contributed by atoms with E-state index in [4.69, 9.17) is 16.3 Å². The summed E-state index contributed by atoms with van der Waals surface area (Å²) in [5.41, 5.74) is -0.0272. The predicted octanol–water partition coefficient (Wildman–Crippen LogP) is 2.75. The molecule has 0 aliphatic rings. The molecule has 0 saturated carbocycles. The fraction of sp³-hybridized carbons (Fsp3) is 1.00. The fourth-order valence-corrected chi connectivity index (χ4v) is 1.12. The Bertz CT molecular complexity index is 143. The van der Waals surface area contributed by atoms with Gasteiger partial charge in [-0.05, 0) is 47.7 Å². The lowest BCUT2D eigenvalue weighted by Gasteiger charge is -2.23. The van der Waals surface area contributed by atoms with Gasteiger partial charge >= 0.3 is 0 Å². The van der Waals surface area contributed by atoms with Gasteiger partial charge in [-0.3, -0.25) is 0 Å². The van der Waals surface area contributed by atoms with E-state index < -0.39 is 0 Å². The second-order valence-electron chi connectivity index (χ2n) is 4.83. The van der Waals surface area contributed by atoms with E-state index in [2.05, 4.69) is 32.7 Å². The van der Waals surface area contributed by atoms with Crippen LogP contribution in [0.2, 0.25) is 0 Å². The minimum atomic E-state index is -0.0272. The first-order valence-electron chi connectivity index (χ1n) is 5.28. The average Bonchev–Trinajstić information content (AvgIpc) is 1.98. The number of nitrogens with zero attached hydrogens (tertiary/aromatic N) is 1. The first kappa shape index (κ1) is 14.2. The zero-order chi connectivity index (χ0) is 11.2. The molecule has 0 radical (unpaired) electrons. The smallest absolute Gasteiger partial charge is 0.0600 e. The van der Waals surface area contributed by atoms with Crippen LogP contribution in [0.5, 0.6) is 0 Å². The van der Waals surface area contributed by atoms with Crippen LogP contribution in [0.15, 0.2) is 0 Å². The summed E-state index contributed by atoms with van der Waals surface area (Å²) >= 11 is 5.87. The van der Waals surface area contributed by atoms with E-state index in [0.29, 0.717) is 0 Å². The second-order valence-corrected chi connectivity index (χ2v) is 5.58. The number of rotatable bonds is 6. The van der Waals surface area contributed by atoms with Gasteiger partial charge in [0.2, 0.25) is 0 Å². The van der Waals surface area contributed by atoms with Gasteiger partial charge < -0.3 is 9.64 Å². The summed E-state index contributed by atoms with van der Waals surface area (Å²) in [6, 6.07) is 0. The standard InChI is InChI=1S/C11H24ClNO/c1-10(12)6-7-13(5)8-9-14-11(2,3)4/h10H,6-9H2,1-5H3. The Labute approximate surface area is 93.6 Å². The molecule has 0 heterocycles. The zero-order valence-corrected chi connectivity index (χ0v) is 10.9. The quantitative estimate of drug-likeness (QED) is 0.640. The Kier molecular flexibility index (Phi) is 6.75. The monoisotopic (exact) mass is 221 g/mol. The van der Waals surface area contributed by atoms with Gasteiger partial charge in [-0.2, -0.15) is 0 Å². The Morgan fingerprint density at radius 3 is 2.29 bits per heavy atom. The summed E-state index contributed by atoms with van der Waals surface area (Å²) in [6.07, 6.45) is 1.04. The molecule has 0 aromatic rings. The average molecular weight is 222 g/mol. The first-order valence-corrected chi connectivity index (χ1v) is 5.71. The maximum absolute atomic E-state index is 5.87. The molecule has 0 amide bonds. The lowest BCUT2D eigenvalue weighted by Crippen LogP contribution is -2.29. The van der Waals surface area contributed by atoms with Crippen LogP contribution in [-0.4, -0.2) is 42.6 Å². The largest absolute Gasteiger partial charge is 0.375 e. The first-order chi connectivity index (χ1) is 6.31. The molecule has 0 saturated heterocycles. The van der Waals surface area contributed by atoms with Crippen LogP contribution in [0, 0.1) is 0 Å². The predicted molar refractivity (Wildman–Crippen MR) is 63.1 cm³/mol. The third-order valence-electron chi connectivity index (χ3n) is 1.92. The Balaban J connectivity index is 3.40. The maximum atomic E-state index is 5.87. The van der Waals surface area contributed by atoms with Gasteiger partial charge in [-0.1, -0.05) is 0 Å². The van der Waals surface area contributed by atoms with Crippen LogP contribution in [0.4, 0.5) is 0 Å². The highest BCUT2D eigenvalue weighted by Crippen LogP contribution is 2.06. The van der Waals surface area contributed by atoms with Crippen molar-refractivity contribution in [1.82, 2.24) is 4.90 Å². The molecule has 0 bridgehead atoms. The van der Waals surface area contributed by atoms with Gasteiger partial charge in [0, 0.05) is 11.9 Å². The number of likely N-dealkylation sites (N-methyl/N-ethyl adjacent to an activating group) is 1. The molecule has 0 aliphatic heterocycles. The number of alkyl halides is 1. The molecule has 14 heavy (non-hydrogen) atoms. The molecule has 86 valence electrons. The zero-order valence-electron chi connectivity index (χ0n) is 10.1. The van der Waals surface area contributed by atoms with E-state index in [1.807, 2.05) is 6.92 Å². The molecule has 3 heteroatoms. The van der Waals surface area contributed by atoms with E-state index in [1.54, 1.807) is 0 Å². The number of halogens is 1. The molecule has 0 fully saturated rings. The van der Waals surface area contributed by atoms with E-state index in [9.17, 15) is 0 Å². The molecule has 0 aromatic carbocycles. The van der Waals surface area contributed by atoms with Gasteiger partial charge in [0.25, 0.3) is 0 Å². The number of hydrogen-bond donors (Lipinski definition) is 0. The molecular formula is C11H24ClNO. The van der Waals surface area contributed by atoms with Crippen LogP contribution in [-0.2, 0) is 4.74 Å². The molecule has 0 spiro atoms. The highest BCUT2D eigenvalue weighted by Gasteiger charge is 2.10. The van der Waals surface area contributed by atoms with E-state index in [0.717, 1.165) is 26.1 Å². The van der Waals surface area contributed by atoms with Crippen LogP contribution in [0.3, 0.4) is 0 Å². The van der Waals surface area contributed by atoms with Crippen LogP contribution < -0.4 is 0 Å². The molecule has 2 nitrogen and oxygen atoms in total. The second kappa shape index (κ2) is 6.65. The topological polar surface area (TPSA) is 12.5 Å². The van der Waals surface area contributed by atoms with Crippen LogP contribution in [0.1, 0.15) is 34.1 Å². The summed E-state index contributed by atoms with van der Waals surface area (Å²) in [5, 5.41) is 0.265. The van der Waals surface area contributed by atoms with Gasteiger partial charge in [0.1, 0.15) is 0 Å². The molecule has 0 rings (SSSR count). The van der Waals surface area contributed by atoms with Crippen molar-refractivity contribution in [1.29, 1.82) is 0 Å². The molecule has 1 atom stereocenters. The Hall–Kier alpha value is 0.210. The SMILES string of the molecule is CC(Cl)CCN(C)CCOC(C)(C)C. The minimum absolute atomic E-state index is 0.0272.